The number of benzene rings is 1. The zero-order valence-electron chi connectivity index (χ0n) is 13.5. The molecule has 1 N–H and O–H groups in total. The van der Waals surface area contributed by atoms with Crippen molar-refractivity contribution in [2.24, 2.45) is 0 Å². The lowest BCUT2D eigenvalue weighted by Crippen LogP contribution is -2.29. The summed E-state index contributed by atoms with van der Waals surface area (Å²) in [6.07, 6.45) is 6.85. The molecule has 2 aromatic rings. The second kappa shape index (κ2) is 7.33. The van der Waals surface area contributed by atoms with E-state index >= 15 is 0 Å². The molecule has 1 amide bonds. The minimum Gasteiger partial charge on any atom is -0.322 e. The van der Waals surface area contributed by atoms with E-state index in [-0.39, 0.29) is 5.91 Å². The van der Waals surface area contributed by atoms with Gasteiger partial charge in [-0.1, -0.05) is 24.6 Å². The number of hydrogen-bond donors (Lipinski definition) is 1. The third kappa shape index (κ3) is 3.93. The SMILES string of the molecule is Cc1ncncc1C(=O)Nc1ccccc1CN1CCCCC1. The fourth-order valence-corrected chi connectivity index (χ4v) is 2.94. The number of aromatic nitrogens is 2. The summed E-state index contributed by atoms with van der Waals surface area (Å²) in [5, 5.41) is 3.01. The molecule has 0 atom stereocenters. The Bertz CT molecular complexity index is 680. The van der Waals surface area contributed by atoms with Crippen LogP contribution in [-0.4, -0.2) is 33.9 Å². The monoisotopic (exact) mass is 310 g/mol. The van der Waals surface area contributed by atoms with Crippen LogP contribution in [0.15, 0.2) is 36.8 Å². The molecule has 0 spiro atoms. The summed E-state index contributed by atoms with van der Waals surface area (Å²) in [6, 6.07) is 8.00. The normalized spacial score (nSPS) is 15.3. The van der Waals surface area contributed by atoms with Crippen molar-refractivity contribution in [1.29, 1.82) is 0 Å². The highest BCUT2D eigenvalue weighted by Crippen LogP contribution is 2.20. The maximum absolute atomic E-state index is 12.5. The van der Waals surface area contributed by atoms with Crippen LogP contribution in [0.3, 0.4) is 0 Å². The summed E-state index contributed by atoms with van der Waals surface area (Å²) in [5.41, 5.74) is 3.22. The van der Waals surface area contributed by atoms with Crippen molar-refractivity contribution in [1.82, 2.24) is 14.9 Å². The number of para-hydroxylation sites is 1. The second-order valence-electron chi connectivity index (χ2n) is 5.97. The molecule has 1 aliphatic rings. The van der Waals surface area contributed by atoms with Gasteiger partial charge in [0.2, 0.25) is 0 Å². The number of amides is 1. The van der Waals surface area contributed by atoms with Gasteiger partial charge in [-0.05, 0) is 44.5 Å². The Morgan fingerprint density at radius 3 is 2.78 bits per heavy atom. The van der Waals surface area contributed by atoms with Crippen LogP contribution in [0.1, 0.15) is 40.9 Å². The van der Waals surface area contributed by atoms with Gasteiger partial charge in [0, 0.05) is 18.4 Å². The smallest absolute Gasteiger partial charge is 0.259 e. The molecule has 0 unspecified atom stereocenters. The molecule has 0 radical (unpaired) electrons. The lowest BCUT2D eigenvalue weighted by atomic mass is 10.1. The minimum absolute atomic E-state index is 0.158. The summed E-state index contributed by atoms with van der Waals surface area (Å²) in [4.78, 5) is 22.9. The van der Waals surface area contributed by atoms with Crippen LogP contribution in [0.5, 0.6) is 0 Å². The molecule has 0 bridgehead atoms. The van der Waals surface area contributed by atoms with E-state index in [1.807, 2.05) is 25.1 Å². The zero-order valence-corrected chi connectivity index (χ0v) is 13.5. The number of nitrogens with zero attached hydrogens (tertiary/aromatic N) is 3. The second-order valence-corrected chi connectivity index (χ2v) is 5.97. The number of carbonyl (C=O) groups is 1. The lowest BCUT2D eigenvalue weighted by molar-refractivity contribution is 0.102. The Labute approximate surface area is 136 Å². The van der Waals surface area contributed by atoms with Gasteiger partial charge >= 0.3 is 0 Å². The van der Waals surface area contributed by atoms with Crippen LogP contribution in [0.2, 0.25) is 0 Å². The highest BCUT2D eigenvalue weighted by Gasteiger charge is 2.15. The Kier molecular flexibility index (Phi) is 4.98. The van der Waals surface area contributed by atoms with Crippen molar-refractivity contribution < 1.29 is 4.79 Å². The molecule has 1 fully saturated rings. The molecule has 5 nitrogen and oxygen atoms in total. The molecule has 1 aliphatic heterocycles. The average molecular weight is 310 g/mol. The highest BCUT2D eigenvalue weighted by molar-refractivity contribution is 6.05. The van der Waals surface area contributed by atoms with Gasteiger partial charge in [0.25, 0.3) is 5.91 Å². The average Bonchev–Trinajstić information content (AvgIpc) is 2.58. The number of anilines is 1. The number of hydrogen-bond acceptors (Lipinski definition) is 4. The van der Waals surface area contributed by atoms with Crippen molar-refractivity contribution in [2.45, 2.75) is 32.7 Å². The van der Waals surface area contributed by atoms with Crippen molar-refractivity contribution in [3.05, 3.63) is 53.6 Å². The predicted molar refractivity (Wildman–Crippen MR) is 90.3 cm³/mol. The zero-order chi connectivity index (χ0) is 16.1. The van der Waals surface area contributed by atoms with Crippen LogP contribution in [0, 0.1) is 6.92 Å². The van der Waals surface area contributed by atoms with E-state index in [1.165, 1.54) is 25.6 Å². The molecule has 2 heterocycles. The van der Waals surface area contributed by atoms with Gasteiger partial charge in [-0.2, -0.15) is 0 Å². The number of nitrogens with one attached hydrogen (secondary N) is 1. The first-order valence-corrected chi connectivity index (χ1v) is 8.12. The van der Waals surface area contributed by atoms with Gasteiger partial charge in [-0.25, -0.2) is 9.97 Å². The summed E-state index contributed by atoms with van der Waals surface area (Å²) in [5.74, 6) is -0.158. The van der Waals surface area contributed by atoms with Gasteiger partial charge < -0.3 is 5.32 Å². The molecule has 0 saturated carbocycles. The number of piperidine rings is 1. The lowest BCUT2D eigenvalue weighted by Gasteiger charge is -2.27. The minimum atomic E-state index is -0.158. The largest absolute Gasteiger partial charge is 0.322 e. The maximum Gasteiger partial charge on any atom is 0.259 e. The third-order valence-corrected chi connectivity index (χ3v) is 4.26. The molecule has 0 aliphatic carbocycles. The summed E-state index contributed by atoms with van der Waals surface area (Å²) in [7, 11) is 0. The Hall–Kier alpha value is -2.27. The quantitative estimate of drug-likeness (QED) is 0.943. The number of aryl methyl sites for hydroxylation is 1. The first-order chi connectivity index (χ1) is 11.2. The summed E-state index contributed by atoms with van der Waals surface area (Å²) >= 11 is 0. The molecule has 1 aromatic carbocycles. The topological polar surface area (TPSA) is 58.1 Å². The van der Waals surface area contributed by atoms with E-state index in [2.05, 4.69) is 26.3 Å². The van der Waals surface area contributed by atoms with Crippen LogP contribution in [-0.2, 0) is 6.54 Å². The predicted octanol–water partition coefficient (Wildman–Crippen LogP) is 3.02. The van der Waals surface area contributed by atoms with Crippen molar-refractivity contribution in [3.63, 3.8) is 0 Å². The van der Waals surface area contributed by atoms with Crippen LogP contribution in [0.4, 0.5) is 5.69 Å². The Morgan fingerprint density at radius 2 is 2.00 bits per heavy atom. The number of carbonyl (C=O) groups excluding carboxylic acids is 1. The fourth-order valence-electron chi connectivity index (χ4n) is 2.94. The molecular weight excluding hydrogens is 288 g/mol. The van der Waals surface area contributed by atoms with Gasteiger partial charge in [-0.15, -0.1) is 0 Å². The Morgan fingerprint density at radius 1 is 1.22 bits per heavy atom. The molecular formula is C18H22N4O. The van der Waals surface area contributed by atoms with Crippen molar-refractivity contribution in [3.8, 4) is 0 Å². The van der Waals surface area contributed by atoms with Crippen molar-refractivity contribution >= 4 is 11.6 Å². The van der Waals surface area contributed by atoms with Crippen molar-refractivity contribution in [2.75, 3.05) is 18.4 Å². The van der Waals surface area contributed by atoms with E-state index in [1.54, 1.807) is 6.20 Å². The van der Waals surface area contributed by atoms with E-state index in [0.717, 1.165) is 30.9 Å². The van der Waals surface area contributed by atoms with Crippen LogP contribution in [0.25, 0.3) is 0 Å². The van der Waals surface area contributed by atoms with Crippen LogP contribution < -0.4 is 5.32 Å². The maximum atomic E-state index is 12.5. The fraction of sp³-hybridized carbons (Fsp3) is 0.389. The summed E-state index contributed by atoms with van der Waals surface area (Å²) in [6.45, 7) is 4.96. The molecule has 120 valence electrons. The van der Waals surface area contributed by atoms with Gasteiger partial charge in [-0.3, -0.25) is 9.69 Å². The van der Waals surface area contributed by atoms with Gasteiger partial charge in [0.15, 0.2) is 0 Å². The van der Waals surface area contributed by atoms with E-state index < -0.39 is 0 Å². The van der Waals surface area contributed by atoms with E-state index in [4.69, 9.17) is 0 Å². The van der Waals surface area contributed by atoms with Gasteiger partial charge in [0.1, 0.15) is 6.33 Å². The van der Waals surface area contributed by atoms with E-state index in [9.17, 15) is 4.79 Å². The first-order valence-electron chi connectivity index (χ1n) is 8.12. The molecule has 1 saturated heterocycles. The number of likely N-dealkylation sites (tertiary alicyclic amines) is 1. The molecule has 5 heteroatoms. The molecule has 23 heavy (non-hydrogen) atoms. The Balaban J connectivity index is 1.75. The van der Waals surface area contributed by atoms with Crippen LogP contribution >= 0.6 is 0 Å². The highest BCUT2D eigenvalue weighted by atomic mass is 16.1. The molecule has 3 rings (SSSR count). The first kappa shape index (κ1) is 15.6. The van der Waals surface area contributed by atoms with E-state index in [0.29, 0.717) is 11.3 Å². The molecule has 1 aromatic heterocycles. The van der Waals surface area contributed by atoms with Gasteiger partial charge in [0.05, 0.1) is 11.3 Å². The third-order valence-electron chi connectivity index (χ3n) is 4.26. The number of rotatable bonds is 4. The standard InChI is InChI=1S/C18H22N4O/c1-14-16(11-19-13-20-14)18(23)21-17-8-4-3-7-15(17)12-22-9-5-2-6-10-22/h3-4,7-8,11,13H,2,5-6,9-10,12H2,1H3,(H,21,23). The summed E-state index contributed by atoms with van der Waals surface area (Å²) < 4.78 is 0.